The second kappa shape index (κ2) is 4.59. The summed E-state index contributed by atoms with van der Waals surface area (Å²) in [5.74, 6) is 0.524. The molecule has 1 aromatic heterocycles. The van der Waals surface area contributed by atoms with Crippen LogP contribution in [0.15, 0.2) is 30.5 Å². The Morgan fingerprint density at radius 3 is 2.88 bits per heavy atom. The predicted octanol–water partition coefficient (Wildman–Crippen LogP) is 1.65. The van der Waals surface area contributed by atoms with Crippen LogP contribution in [-0.2, 0) is 7.05 Å². The molecule has 1 radical (unpaired) electrons. The second-order valence-corrected chi connectivity index (χ2v) is 3.64. The molecule has 0 fully saturated rings. The van der Waals surface area contributed by atoms with Crippen LogP contribution in [0.3, 0.4) is 0 Å². The summed E-state index contributed by atoms with van der Waals surface area (Å²) in [6.45, 7) is 0. The van der Waals surface area contributed by atoms with Gasteiger partial charge < -0.3 is 9.68 Å². The molecule has 0 spiro atoms. The molecule has 2 rings (SSSR count). The molecular formula is C10H9BClN2O2. The van der Waals surface area contributed by atoms with Crippen LogP contribution in [0, 0.1) is 0 Å². The van der Waals surface area contributed by atoms with Gasteiger partial charge in [-0.2, -0.15) is 5.10 Å². The highest BCUT2D eigenvalue weighted by Gasteiger charge is 2.10. The van der Waals surface area contributed by atoms with Gasteiger partial charge in [-0.3, -0.25) is 4.68 Å². The molecule has 4 nitrogen and oxygen atoms in total. The van der Waals surface area contributed by atoms with Crippen molar-refractivity contribution in [2.45, 2.75) is 0 Å². The van der Waals surface area contributed by atoms with Crippen LogP contribution in [0.1, 0.15) is 0 Å². The molecule has 0 aliphatic carbocycles. The van der Waals surface area contributed by atoms with E-state index in [-0.39, 0.29) is 0 Å². The first-order valence-electron chi connectivity index (χ1n) is 4.63. The van der Waals surface area contributed by atoms with Gasteiger partial charge in [0.15, 0.2) is 0 Å². The molecule has 2 aromatic rings. The fraction of sp³-hybridized carbons (Fsp3) is 0.100. The molecule has 0 bridgehead atoms. The normalized spacial score (nSPS) is 10.2. The number of nitrogens with zero attached hydrogens (tertiary/aromatic N) is 2. The van der Waals surface area contributed by atoms with E-state index in [1.807, 2.05) is 13.1 Å². The minimum Gasteiger partial charge on any atom is -0.537 e. The molecule has 0 saturated carbocycles. The first kappa shape index (κ1) is 11.0. The summed E-state index contributed by atoms with van der Waals surface area (Å²) in [6, 6.07) is 6.99. The Morgan fingerprint density at radius 1 is 1.44 bits per heavy atom. The van der Waals surface area contributed by atoms with E-state index >= 15 is 0 Å². The molecule has 0 atom stereocenters. The van der Waals surface area contributed by atoms with E-state index in [0.29, 0.717) is 18.5 Å². The van der Waals surface area contributed by atoms with Gasteiger partial charge in [-0.15, -0.1) is 0 Å². The Bertz CT molecular complexity index is 501. The van der Waals surface area contributed by atoms with Crippen LogP contribution >= 0.6 is 11.6 Å². The fourth-order valence-corrected chi connectivity index (χ4v) is 1.67. The van der Waals surface area contributed by atoms with Crippen molar-refractivity contribution in [3.05, 3.63) is 35.5 Å². The summed E-state index contributed by atoms with van der Waals surface area (Å²) in [5.41, 5.74) is 1.64. The van der Waals surface area contributed by atoms with Crippen molar-refractivity contribution in [1.82, 2.24) is 9.78 Å². The van der Waals surface area contributed by atoms with Crippen LogP contribution in [-0.4, -0.2) is 22.5 Å². The Hall–Kier alpha value is -1.46. The van der Waals surface area contributed by atoms with E-state index in [4.69, 9.17) is 21.3 Å². The van der Waals surface area contributed by atoms with Crippen LogP contribution < -0.4 is 4.65 Å². The molecule has 16 heavy (non-hydrogen) atoms. The van der Waals surface area contributed by atoms with Crippen molar-refractivity contribution >= 4 is 19.3 Å². The van der Waals surface area contributed by atoms with E-state index in [0.717, 1.165) is 11.3 Å². The molecule has 0 aliphatic rings. The number of aryl methyl sites for hydroxylation is 1. The molecule has 81 valence electrons. The lowest BCUT2D eigenvalue weighted by Crippen LogP contribution is -2.02. The van der Waals surface area contributed by atoms with Gasteiger partial charge in [0.05, 0.1) is 5.69 Å². The van der Waals surface area contributed by atoms with Crippen molar-refractivity contribution in [1.29, 1.82) is 0 Å². The van der Waals surface area contributed by atoms with Crippen LogP contribution in [0.4, 0.5) is 0 Å². The fourth-order valence-electron chi connectivity index (χ4n) is 1.50. The molecule has 0 saturated heterocycles. The Kier molecular flexibility index (Phi) is 3.17. The number of hydrogen-bond donors (Lipinski definition) is 1. The lowest BCUT2D eigenvalue weighted by Gasteiger charge is -2.10. The Labute approximate surface area is 98.7 Å². The molecule has 0 unspecified atom stereocenters. The summed E-state index contributed by atoms with van der Waals surface area (Å²) >= 11 is 5.93. The molecule has 0 amide bonds. The quantitative estimate of drug-likeness (QED) is 0.823. The SMILES string of the molecule is Cn1nccc1-c1cc(Cl)ccc1O[B]O. The van der Waals surface area contributed by atoms with Gasteiger partial charge >= 0.3 is 7.69 Å². The number of benzene rings is 1. The molecule has 1 aromatic carbocycles. The van der Waals surface area contributed by atoms with Gasteiger partial charge in [0.1, 0.15) is 5.75 Å². The van der Waals surface area contributed by atoms with Gasteiger partial charge in [-0.05, 0) is 24.3 Å². The van der Waals surface area contributed by atoms with E-state index in [1.54, 1.807) is 29.1 Å². The average Bonchev–Trinajstić information content (AvgIpc) is 2.67. The molecule has 1 N–H and O–H groups in total. The highest BCUT2D eigenvalue weighted by atomic mass is 35.5. The number of rotatable bonds is 3. The highest BCUT2D eigenvalue weighted by molar-refractivity contribution is 6.31. The van der Waals surface area contributed by atoms with Crippen molar-refractivity contribution in [2.75, 3.05) is 0 Å². The Morgan fingerprint density at radius 2 is 2.25 bits per heavy atom. The van der Waals surface area contributed by atoms with Crippen molar-refractivity contribution in [3.63, 3.8) is 0 Å². The van der Waals surface area contributed by atoms with Gasteiger partial charge in [-0.25, -0.2) is 0 Å². The minimum absolute atomic E-state index is 0.524. The third-order valence-electron chi connectivity index (χ3n) is 2.22. The number of aromatic nitrogens is 2. The number of halogens is 1. The van der Waals surface area contributed by atoms with Crippen LogP contribution in [0.5, 0.6) is 5.75 Å². The average molecular weight is 235 g/mol. The van der Waals surface area contributed by atoms with E-state index in [2.05, 4.69) is 5.10 Å². The zero-order valence-electron chi connectivity index (χ0n) is 8.59. The third-order valence-corrected chi connectivity index (χ3v) is 2.45. The van der Waals surface area contributed by atoms with E-state index in [1.165, 1.54) is 0 Å². The largest absolute Gasteiger partial charge is 0.569 e. The maximum Gasteiger partial charge on any atom is 0.569 e. The first-order chi connectivity index (χ1) is 7.72. The molecular weight excluding hydrogens is 226 g/mol. The maximum absolute atomic E-state index is 8.68. The zero-order valence-corrected chi connectivity index (χ0v) is 9.35. The predicted molar refractivity (Wildman–Crippen MR) is 62.3 cm³/mol. The lowest BCUT2D eigenvalue weighted by molar-refractivity contribution is 0.454. The van der Waals surface area contributed by atoms with Gasteiger partial charge in [-0.1, -0.05) is 11.6 Å². The molecule has 6 heteroatoms. The van der Waals surface area contributed by atoms with Crippen molar-refractivity contribution in [2.24, 2.45) is 7.05 Å². The smallest absolute Gasteiger partial charge is 0.537 e. The summed E-state index contributed by atoms with van der Waals surface area (Å²) in [6.07, 6.45) is 1.68. The minimum atomic E-state index is 0.524. The van der Waals surface area contributed by atoms with E-state index in [9.17, 15) is 0 Å². The second-order valence-electron chi connectivity index (χ2n) is 3.20. The molecule has 0 aliphatic heterocycles. The maximum atomic E-state index is 8.68. The summed E-state index contributed by atoms with van der Waals surface area (Å²) < 4.78 is 6.71. The van der Waals surface area contributed by atoms with Crippen LogP contribution in [0.2, 0.25) is 5.02 Å². The highest BCUT2D eigenvalue weighted by Crippen LogP contribution is 2.31. The summed E-state index contributed by atoms with van der Waals surface area (Å²) in [4.78, 5) is 0. The summed E-state index contributed by atoms with van der Waals surface area (Å²) in [7, 11) is 2.46. The lowest BCUT2D eigenvalue weighted by atomic mass is 10.1. The van der Waals surface area contributed by atoms with Crippen LogP contribution in [0.25, 0.3) is 11.3 Å². The monoisotopic (exact) mass is 235 g/mol. The third kappa shape index (κ3) is 2.05. The van der Waals surface area contributed by atoms with E-state index < -0.39 is 0 Å². The zero-order chi connectivity index (χ0) is 11.5. The van der Waals surface area contributed by atoms with Crippen molar-refractivity contribution in [3.8, 4) is 17.0 Å². The van der Waals surface area contributed by atoms with Gasteiger partial charge in [0, 0.05) is 23.8 Å². The first-order valence-corrected chi connectivity index (χ1v) is 5.00. The van der Waals surface area contributed by atoms with Gasteiger partial charge in [0.25, 0.3) is 0 Å². The number of hydrogen-bond acceptors (Lipinski definition) is 3. The standard InChI is InChI=1S/C10H9BClN2O2/c1-14-9(4-5-13-14)8-6-7(12)2-3-10(8)16-11-15/h2-6,15H,1H3. The molecule has 1 heterocycles. The van der Waals surface area contributed by atoms with Crippen molar-refractivity contribution < 1.29 is 9.68 Å². The summed E-state index contributed by atoms with van der Waals surface area (Å²) in [5, 5.41) is 13.3. The topological polar surface area (TPSA) is 47.3 Å². The Balaban J connectivity index is 2.53. The van der Waals surface area contributed by atoms with Gasteiger partial charge in [0.2, 0.25) is 0 Å².